The lowest BCUT2D eigenvalue weighted by Crippen LogP contribution is -2.23. The van der Waals surface area contributed by atoms with Gasteiger partial charge >= 0.3 is 6.18 Å². The van der Waals surface area contributed by atoms with E-state index in [2.05, 4.69) is 10.6 Å². The van der Waals surface area contributed by atoms with E-state index in [1.54, 1.807) is 0 Å². The second kappa shape index (κ2) is 10.2. The number of benzene rings is 3. The number of aldehydes is 1. The maximum absolute atomic E-state index is 13.9. The number of nitrogens with one attached hydrogen (secondary N) is 2. The van der Waals surface area contributed by atoms with Gasteiger partial charge in [0, 0.05) is 23.2 Å². The first-order valence-corrected chi connectivity index (χ1v) is 12.2. The van der Waals surface area contributed by atoms with Gasteiger partial charge < -0.3 is 15.4 Å². The molecule has 0 heterocycles. The fraction of sp³-hybridized carbons (Fsp3) is 0.200. The zero-order valence-electron chi connectivity index (χ0n) is 18.8. The van der Waals surface area contributed by atoms with Crippen LogP contribution in [0.2, 0.25) is 10.0 Å². The molecule has 3 aromatic carbocycles. The summed E-state index contributed by atoms with van der Waals surface area (Å²) in [7, 11) is 0. The molecule has 1 saturated carbocycles. The van der Waals surface area contributed by atoms with Gasteiger partial charge in [-0.05, 0) is 54.1 Å². The Balaban J connectivity index is 1.57. The minimum atomic E-state index is -4.69. The monoisotopic (exact) mass is 610 g/mol. The summed E-state index contributed by atoms with van der Waals surface area (Å²) in [6, 6.07) is 9.92. The molecule has 1 aliphatic carbocycles. The second-order valence-corrected chi connectivity index (χ2v) is 10.8. The van der Waals surface area contributed by atoms with Gasteiger partial charge in [-0.1, -0.05) is 52.5 Å². The highest BCUT2D eigenvalue weighted by Gasteiger charge is 2.76. The van der Waals surface area contributed by atoms with Crippen LogP contribution >= 0.6 is 46.4 Å². The third-order valence-electron chi connectivity index (χ3n) is 6.20. The van der Waals surface area contributed by atoms with Crippen molar-refractivity contribution in [2.45, 2.75) is 16.4 Å². The standard InChI is InChI=1S/C25H15Cl4F5N2O2/c26-14-7-12(6-13(8-14)25(32,33)34)21-23(11-37,24(21,28)29)10-35-15-4-5-17(27)16(9-15)22(38)36-20-18(30)2-1-3-19(20)31/h1-9,11,21,35H,10H2,(H,36,38). The molecule has 1 amide bonds. The van der Waals surface area contributed by atoms with Crippen molar-refractivity contribution in [1.82, 2.24) is 0 Å². The Morgan fingerprint density at radius 2 is 1.66 bits per heavy atom. The Bertz CT molecular complexity index is 1410. The summed E-state index contributed by atoms with van der Waals surface area (Å²) in [4.78, 5) is 24.8. The van der Waals surface area contributed by atoms with E-state index in [1.165, 1.54) is 24.3 Å². The molecule has 3 aromatic rings. The van der Waals surface area contributed by atoms with Crippen LogP contribution in [0, 0.1) is 17.0 Å². The van der Waals surface area contributed by atoms with Gasteiger partial charge in [0.05, 0.1) is 21.6 Å². The summed E-state index contributed by atoms with van der Waals surface area (Å²) < 4.78 is 66.0. The molecule has 2 N–H and O–H groups in total. The van der Waals surface area contributed by atoms with Crippen LogP contribution in [0.1, 0.15) is 27.4 Å². The average molecular weight is 612 g/mol. The first kappa shape index (κ1) is 28.4. The van der Waals surface area contributed by atoms with Crippen molar-refractivity contribution in [3.63, 3.8) is 0 Å². The van der Waals surface area contributed by atoms with Crippen molar-refractivity contribution < 1.29 is 31.5 Å². The number of carbonyl (C=O) groups is 2. The molecule has 200 valence electrons. The first-order chi connectivity index (χ1) is 17.7. The number of amides is 1. The van der Waals surface area contributed by atoms with Gasteiger partial charge in [-0.2, -0.15) is 13.2 Å². The molecule has 0 saturated heterocycles. The Morgan fingerprint density at radius 1 is 1.00 bits per heavy atom. The van der Waals surface area contributed by atoms with E-state index in [9.17, 15) is 31.5 Å². The SMILES string of the molecule is O=CC1(CNc2ccc(Cl)c(C(=O)Nc3c(F)cccc3F)c2)C(c2cc(Cl)cc(C(F)(F)F)c2)C1(Cl)Cl. The molecule has 0 spiro atoms. The minimum absolute atomic E-state index is 0.0202. The van der Waals surface area contributed by atoms with Crippen molar-refractivity contribution in [2.24, 2.45) is 5.41 Å². The van der Waals surface area contributed by atoms with Gasteiger partial charge in [0.25, 0.3) is 5.91 Å². The number of carbonyl (C=O) groups excluding carboxylic acids is 2. The number of halogens is 9. The number of rotatable bonds is 7. The Hall–Kier alpha value is -2.59. The van der Waals surface area contributed by atoms with Crippen molar-refractivity contribution in [3.8, 4) is 0 Å². The van der Waals surface area contributed by atoms with Gasteiger partial charge in [0.15, 0.2) is 0 Å². The molecule has 0 aromatic heterocycles. The first-order valence-electron chi connectivity index (χ1n) is 10.7. The van der Waals surface area contributed by atoms with Crippen LogP contribution in [-0.2, 0) is 11.0 Å². The Labute approximate surface area is 233 Å². The van der Waals surface area contributed by atoms with Crippen LogP contribution in [-0.4, -0.2) is 23.1 Å². The fourth-order valence-electron chi connectivity index (χ4n) is 4.19. The summed E-state index contributed by atoms with van der Waals surface area (Å²) in [5.74, 6) is -3.94. The molecular weight excluding hydrogens is 597 g/mol. The highest BCUT2D eigenvalue weighted by atomic mass is 35.5. The Morgan fingerprint density at radius 3 is 2.26 bits per heavy atom. The number of para-hydroxylation sites is 1. The molecule has 38 heavy (non-hydrogen) atoms. The van der Waals surface area contributed by atoms with Gasteiger partial charge in [-0.3, -0.25) is 4.79 Å². The van der Waals surface area contributed by atoms with Gasteiger partial charge in [-0.25, -0.2) is 8.78 Å². The van der Waals surface area contributed by atoms with E-state index in [0.717, 1.165) is 30.3 Å². The van der Waals surface area contributed by atoms with Gasteiger partial charge in [-0.15, -0.1) is 0 Å². The third kappa shape index (κ3) is 5.17. The summed E-state index contributed by atoms with van der Waals surface area (Å²) in [6.45, 7) is -0.243. The number of anilines is 2. The van der Waals surface area contributed by atoms with Crippen LogP contribution in [0.4, 0.5) is 33.3 Å². The predicted octanol–water partition coefficient (Wildman–Crippen LogP) is 8.11. The lowest BCUT2D eigenvalue weighted by atomic mass is 9.98. The molecule has 13 heteroatoms. The summed E-state index contributed by atoms with van der Waals surface area (Å²) in [5.41, 5.74) is -3.13. The second-order valence-electron chi connectivity index (χ2n) is 8.58. The van der Waals surface area contributed by atoms with Crippen LogP contribution in [0.25, 0.3) is 0 Å². The molecule has 0 radical (unpaired) electrons. The highest BCUT2D eigenvalue weighted by molar-refractivity contribution is 6.54. The van der Waals surface area contributed by atoms with Crippen LogP contribution in [0.5, 0.6) is 0 Å². The smallest absolute Gasteiger partial charge is 0.384 e. The number of alkyl halides is 5. The summed E-state index contributed by atoms with van der Waals surface area (Å²) in [5, 5.41) is 4.75. The van der Waals surface area contributed by atoms with Gasteiger partial charge in [0.1, 0.15) is 27.9 Å². The van der Waals surface area contributed by atoms with E-state index in [-0.39, 0.29) is 33.4 Å². The number of hydrogen-bond acceptors (Lipinski definition) is 3. The molecule has 1 aliphatic rings. The van der Waals surface area contributed by atoms with E-state index in [0.29, 0.717) is 6.29 Å². The van der Waals surface area contributed by atoms with Gasteiger partial charge in [0.2, 0.25) is 0 Å². The Kier molecular flexibility index (Phi) is 7.62. The van der Waals surface area contributed by atoms with Crippen molar-refractivity contribution >= 4 is 70.0 Å². The largest absolute Gasteiger partial charge is 0.416 e. The maximum atomic E-state index is 13.9. The molecule has 4 rings (SSSR count). The third-order valence-corrected chi connectivity index (χ3v) is 7.89. The summed E-state index contributed by atoms with van der Waals surface area (Å²) >= 11 is 24.8. The molecular formula is C25H15Cl4F5N2O2. The predicted molar refractivity (Wildman–Crippen MR) is 136 cm³/mol. The topological polar surface area (TPSA) is 58.2 Å². The highest BCUT2D eigenvalue weighted by Crippen LogP contribution is 2.73. The zero-order chi connectivity index (χ0) is 28.0. The quantitative estimate of drug-likeness (QED) is 0.161. The lowest BCUT2D eigenvalue weighted by molar-refractivity contribution is -0.137. The molecule has 1 fully saturated rings. The van der Waals surface area contributed by atoms with Crippen molar-refractivity contribution in [1.29, 1.82) is 0 Å². The molecule has 4 nitrogen and oxygen atoms in total. The minimum Gasteiger partial charge on any atom is -0.384 e. The van der Waals surface area contributed by atoms with E-state index in [1.807, 2.05) is 0 Å². The van der Waals surface area contributed by atoms with Crippen LogP contribution < -0.4 is 10.6 Å². The normalized spacial score (nSPS) is 20.1. The lowest BCUT2D eigenvalue weighted by Gasteiger charge is -2.16. The van der Waals surface area contributed by atoms with Crippen molar-refractivity contribution in [2.75, 3.05) is 17.2 Å². The average Bonchev–Trinajstić information content (AvgIpc) is 3.34. The maximum Gasteiger partial charge on any atom is 0.416 e. The fourth-order valence-corrected chi connectivity index (χ4v) is 5.61. The molecule has 2 unspecified atom stereocenters. The van der Waals surface area contributed by atoms with Crippen LogP contribution in [0.15, 0.2) is 54.6 Å². The van der Waals surface area contributed by atoms with E-state index < -0.39 is 50.6 Å². The van der Waals surface area contributed by atoms with E-state index >= 15 is 0 Å². The van der Waals surface area contributed by atoms with E-state index in [4.69, 9.17) is 46.4 Å². The number of hydrogen-bond donors (Lipinski definition) is 2. The molecule has 2 atom stereocenters. The van der Waals surface area contributed by atoms with Crippen molar-refractivity contribution in [3.05, 3.63) is 93.0 Å². The molecule has 0 aliphatic heterocycles. The molecule has 0 bridgehead atoms. The summed E-state index contributed by atoms with van der Waals surface area (Å²) in [6.07, 6.45) is -4.24. The van der Waals surface area contributed by atoms with Crippen LogP contribution in [0.3, 0.4) is 0 Å². The zero-order valence-corrected chi connectivity index (χ0v) is 21.8.